The zero-order chi connectivity index (χ0) is 13.9. The van der Waals surface area contributed by atoms with E-state index in [1.165, 1.54) is 17.0 Å². The highest BCUT2D eigenvalue weighted by atomic mass is 79.9. The Morgan fingerprint density at radius 1 is 1.33 bits per heavy atom. The lowest BCUT2D eigenvalue weighted by Crippen LogP contribution is -2.35. The number of nitrogens with zero attached hydrogens (tertiary/aromatic N) is 1. The van der Waals surface area contributed by atoms with Crippen LogP contribution in [0.25, 0.3) is 0 Å². The Balaban J connectivity index is 3.30. The molecule has 0 spiro atoms. The summed E-state index contributed by atoms with van der Waals surface area (Å²) in [6.07, 6.45) is -4.40. The maximum Gasteiger partial charge on any atom is 0.418 e. The summed E-state index contributed by atoms with van der Waals surface area (Å²) in [5.41, 5.74) is -0.603. The Morgan fingerprint density at radius 2 is 1.94 bits per heavy atom. The van der Waals surface area contributed by atoms with E-state index in [0.717, 1.165) is 6.07 Å². The van der Waals surface area contributed by atoms with Gasteiger partial charge in [-0.1, -0.05) is 15.9 Å². The minimum atomic E-state index is -4.40. The maximum atomic E-state index is 12.9. The van der Waals surface area contributed by atoms with Crippen molar-refractivity contribution in [2.45, 2.75) is 26.1 Å². The molecule has 0 aliphatic heterocycles. The molecule has 0 aromatic heterocycles. The molecule has 0 unspecified atom stereocenters. The first-order valence-electron chi connectivity index (χ1n) is 5.51. The number of aliphatic hydroxyl groups excluding tert-OH is 1. The van der Waals surface area contributed by atoms with Gasteiger partial charge >= 0.3 is 6.18 Å². The fourth-order valence-corrected chi connectivity index (χ4v) is 2.10. The molecular formula is C12H15BrF3NO. The van der Waals surface area contributed by atoms with Crippen LogP contribution in [0.2, 0.25) is 0 Å². The molecular weight excluding hydrogens is 311 g/mol. The lowest BCUT2D eigenvalue weighted by Gasteiger charge is -2.31. The Hall–Kier alpha value is -0.750. The average molecular weight is 326 g/mol. The van der Waals surface area contributed by atoms with Crippen molar-refractivity contribution in [2.24, 2.45) is 0 Å². The molecule has 0 aliphatic rings. The van der Waals surface area contributed by atoms with Crippen LogP contribution in [0.3, 0.4) is 0 Å². The number of halogens is 4. The van der Waals surface area contributed by atoms with Crippen LogP contribution in [-0.4, -0.2) is 24.3 Å². The van der Waals surface area contributed by atoms with Crippen molar-refractivity contribution in [1.29, 1.82) is 0 Å². The van der Waals surface area contributed by atoms with E-state index in [4.69, 9.17) is 5.11 Å². The molecule has 1 aromatic carbocycles. The summed E-state index contributed by atoms with van der Waals surface area (Å²) in [5, 5.41) is 8.98. The van der Waals surface area contributed by atoms with Gasteiger partial charge in [-0.2, -0.15) is 13.2 Å². The van der Waals surface area contributed by atoms with Crippen molar-refractivity contribution in [3.8, 4) is 0 Å². The summed E-state index contributed by atoms with van der Waals surface area (Å²) in [7, 11) is 0. The second-order valence-corrected chi connectivity index (χ2v) is 5.09. The summed E-state index contributed by atoms with van der Waals surface area (Å²) < 4.78 is 39.4. The van der Waals surface area contributed by atoms with Crippen LogP contribution in [0.5, 0.6) is 0 Å². The molecule has 0 atom stereocenters. The van der Waals surface area contributed by atoms with Crippen LogP contribution >= 0.6 is 15.9 Å². The Labute approximate surface area is 113 Å². The van der Waals surface area contributed by atoms with Crippen LogP contribution in [0.1, 0.15) is 19.4 Å². The molecule has 0 amide bonds. The van der Waals surface area contributed by atoms with E-state index in [1.54, 1.807) is 13.8 Å². The first kappa shape index (κ1) is 15.3. The maximum absolute atomic E-state index is 12.9. The van der Waals surface area contributed by atoms with Crippen LogP contribution < -0.4 is 4.90 Å². The smallest absolute Gasteiger partial charge is 0.395 e. The molecule has 0 fully saturated rings. The van der Waals surface area contributed by atoms with E-state index in [-0.39, 0.29) is 24.9 Å². The minimum absolute atomic E-state index is 0.0842. The molecule has 1 aromatic rings. The van der Waals surface area contributed by atoms with E-state index >= 15 is 0 Å². The third-order valence-electron chi connectivity index (χ3n) is 2.54. The first-order chi connectivity index (χ1) is 8.27. The van der Waals surface area contributed by atoms with Crippen molar-refractivity contribution in [1.82, 2.24) is 0 Å². The average Bonchev–Trinajstić information content (AvgIpc) is 2.23. The Bertz CT molecular complexity index is 407. The summed E-state index contributed by atoms with van der Waals surface area (Å²) >= 11 is 3.18. The fraction of sp³-hybridized carbons (Fsp3) is 0.500. The van der Waals surface area contributed by atoms with Crippen LogP contribution in [-0.2, 0) is 6.18 Å². The largest absolute Gasteiger partial charge is 0.418 e. The molecule has 0 bridgehead atoms. The van der Waals surface area contributed by atoms with E-state index in [0.29, 0.717) is 4.47 Å². The van der Waals surface area contributed by atoms with Gasteiger partial charge in [0.1, 0.15) is 0 Å². The summed E-state index contributed by atoms with van der Waals surface area (Å²) in [4.78, 5) is 1.54. The molecule has 1 N–H and O–H groups in total. The number of hydrogen-bond donors (Lipinski definition) is 1. The van der Waals surface area contributed by atoms with Gasteiger partial charge in [0.05, 0.1) is 17.9 Å². The molecule has 0 saturated carbocycles. The lowest BCUT2D eigenvalue weighted by molar-refractivity contribution is -0.137. The lowest BCUT2D eigenvalue weighted by atomic mass is 10.1. The van der Waals surface area contributed by atoms with E-state index < -0.39 is 11.7 Å². The SMILES string of the molecule is CC(C)N(CCO)c1cc(Br)ccc1C(F)(F)F. The van der Waals surface area contributed by atoms with Gasteiger partial charge in [0, 0.05) is 17.1 Å². The molecule has 0 aliphatic carbocycles. The monoisotopic (exact) mass is 325 g/mol. The third-order valence-corrected chi connectivity index (χ3v) is 3.03. The molecule has 0 heterocycles. The number of rotatable bonds is 4. The van der Waals surface area contributed by atoms with Gasteiger partial charge in [-0.05, 0) is 32.0 Å². The molecule has 102 valence electrons. The minimum Gasteiger partial charge on any atom is -0.395 e. The Kier molecular flexibility index (Phi) is 5.04. The van der Waals surface area contributed by atoms with Crippen molar-refractivity contribution >= 4 is 21.6 Å². The van der Waals surface area contributed by atoms with Crippen LogP contribution in [0.4, 0.5) is 18.9 Å². The number of alkyl halides is 3. The molecule has 2 nitrogen and oxygen atoms in total. The molecule has 18 heavy (non-hydrogen) atoms. The summed E-state index contributed by atoms with van der Waals surface area (Å²) in [6.45, 7) is 3.55. The van der Waals surface area contributed by atoms with Crippen LogP contribution in [0, 0.1) is 0 Å². The van der Waals surface area contributed by atoms with E-state index in [1.807, 2.05) is 0 Å². The predicted molar refractivity (Wildman–Crippen MR) is 68.7 cm³/mol. The predicted octanol–water partition coefficient (Wildman–Crippen LogP) is 3.68. The highest BCUT2D eigenvalue weighted by molar-refractivity contribution is 9.10. The van der Waals surface area contributed by atoms with Gasteiger partial charge in [-0.15, -0.1) is 0 Å². The quantitative estimate of drug-likeness (QED) is 0.912. The number of hydrogen-bond acceptors (Lipinski definition) is 2. The van der Waals surface area contributed by atoms with Crippen molar-refractivity contribution < 1.29 is 18.3 Å². The highest BCUT2D eigenvalue weighted by Crippen LogP contribution is 2.38. The molecule has 0 radical (unpaired) electrons. The van der Waals surface area contributed by atoms with Gasteiger partial charge in [-0.25, -0.2) is 0 Å². The number of benzene rings is 1. The normalized spacial score (nSPS) is 12.0. The fourth-order valence-electron chi connectivity index (χ4n) is 1.75. The van der Waals surface area contributed by atoms with E-state index in [2.05, 4.69) is 15.9 Å². The Morgan fingerprint density at radius 3 is 2.39 bits per heavy atom. The zero-order valence-electron chi connectivity index (χ0n) is 10.1. The summed E-state index contributed by atoms with van der Waals surface area (Å²) in [6, 6.07) is 3.71. The molecule has 0 saturated heterocycles. The van der Waals surface area contributed by atoms with Gasteiger partial charge < -0.3 is 10.0 Å². The van der Waals surface area contributed by atoms with Crippen molar-refractivity contribution in [2.75, 3.05) is 18.1 Å². The van der Waals surface area contributed by atoms with Gasteiger partial charge in [-0.3, -0.25) is 0 Å². The van der Waals surface area contributed by atoms with E-state index in [9.17, 15) is 13.2 Å². The standard InChI is InChI=1S/C12H15BrF3NO/c1-8(2)17(5-6-18)11-7-9(13)3-4-10(11)12(14,15)16/h3-4,7-8,18H,5-6H2,1-2H3. The summed E-state index contributed by atoms with van der Waals surface area (Å²) in [5.74, 6) is 0. The highest BCUT2D eigenvalue weighted by Gasteiger charge is 2.35. The zero-order valence-corrected chi connectivity index (χ0v) is 11.7. The number of anilines is 1. The van der Waals surface area contributed by atoms with Crippen LogP contribution in [0.15, 0.2) is 22.7 Å². The number of aliphatic hydroxyl groups is 1. The van der Waals surface area contributed by atoms with Gasteiger partial charge in [0.25, 0.3) is 0 Å². The second-order valence-electron chi connectivity index (χ2n) is 4.17. The third kappa shape index (κ3) is 3.62. The van der Waals surface area contributed by atoms with Gasteiger partial charge in [0.15, 0.2) is 0 Å². The van der Waals surface area contributed by atoms with Crippen molar-refractivity contribution in [3.05, 3.63) is 28.2 Å². The molecule has 6 heteroatoms. The van der Waals surface area contributed by atoms with Gasteiger partial charge in [0.2, 0.25) is 0 Å². The topological polar surface area (TPSA) is 23.5 Å². The second kappa shape index (κ2) is 5.93. The van der Waals surface area contributed by atoms with Crippen molar-refractivity contribution in [3.63, 3.8) is 0 Å². The first-order valence-corrected chi connectivity index (χ1v) is 6.31. The molecule has 1 rings (SSSR count).